The fourth-order valence-corrected chi connectivity index (χ4v) is 3.53. The van der Waals surface area contributed by atoms with Crippen molar-refractivity contribution in [2.45, 2.75) is 6.18 Å². The maximum Gasteiger partial charge on any atom is 0.418 e. The number of rotatable bonds is 5. The highest BCUT2D eigenvalue weighted by Gasteiger charge is 2.33. The fourth-order valence-electron chi connectivity index (χ4n) is 3.36. The van der Waals surface area contributed by atoms with Crippen molar-refractivity contribution < 1.29 is 27.5 Å². The van der Waals surface area contributed by atoms with Crippen LogP contribution in [-0.4, -0.2) is 61.4 Å². The summed E-state index contributed by atoms with van der Waals surface area (Å²) < 4.78 is 44.5. The quantitative estimate of drug-likeness (QED) is 0.745. The van der Waals surface area contributed by atoms with E-state index in [-0.39, 0.29) is 18.1 Å². The number of hydrogen-bond acceptors (Lipinski definition) is 4. The first kappa shape index (κ1) is 22.9. The van der Waals surface area contributed by atoms with E-state index >= 15 is 0 Å². The van der Waals surface area contributed by atoms with Gasteiger partial charge in [-0.05, 0) is 30.3 Å². The third kappa shape index (κ3) is 5.68. The van der Waals surface area contributed by atoms with Crippen molar-refractivity contribution in [1.29, 1.82) is 0 Å². The molecule has 0 bridgehead atoms. The van der Waals surface area contributed by atoms with E-state index in [0.29, 0.717) is 42.5 Å². The van der Waals surface area contributed by atoms with Crippen molar-refractivity contribution in [2.75, 3.05) is 45.2 Å². The van der Waals surface area contributed by atoms with E-state index in [1.165, 1.54) is 25.3 Å². The van der Waals surface area contributed by atoms with Gasteiger partial charge in [0.25, 0.3) is 5.91 Å². The zero-order valence-corrected chi connectivity index (χ0v) is 17.5. The number of carbonyl (C=O) groups excluding carboxylic acids is 2. The average molecular weight is 456 g/mol. The molecule has 1 fully saturated rings. The molecule has 0 unspecified atom stereocenters. The SMILES string of the molecule is COc1ccc(Cl)cc1C(=O)N1CCN(CC(=O)Nc2ccccc2C(F)(F)F)CC1. The Morgan fingerprint density at radius 3 is 2.42 bits per heavy atom. The molecule has 0 radical (unpaired) electrons. The van der Waals surface area contributed by atoms with E-state index in [1.807, 2.05) is 0 Å². The van der Waals surface area contributed by atoms with Crippen molar-refractivity contribution in [2.24, 2.45) is 0 Å². The minimum atomic E-state index is -4.56. The largest absolute Gasteiger partial charge is 0.496 e. The summed E-state index contributed by atoms with van der Waals surface area (Å²) in [4.78, 5) is 28.5. The second kappa shape index (κ2) is 9.57. The van der Waals surface area contributed by atoms with Gasteiger partial charge in [-0.2, -0.15) is 13.2 Å². The summed E-state index contributed by atoms with van der Waals surface area (Å²) in [5, 5.41) is 2.75. The van der Waals surface area contributed by atoms with Crippen LogP contribution in [0.5, 0.6) is 5.75 Å². The first-order chi connectivity index (χ1) is 14.7. The van der Waals surface area contributed by atoms with Crippen LogP contribution < -0.4 is 10.1 Å². The highest BCUT2D eigenvalue weighted by Crippen LogP contribution is 2.34. The summed E-state index contributed by atoms with van der Waals surface area (Å²) >= 11 is 5.99. The van der Waals surface area contributed by atoms with Crippen LogP contribution >= 0.6 is 11.6 Å². The van der Waals surface area contributed by atoms with Crippen LogP contribution in [0.2, 0.25) is 5.02 Å². The number of benzene rings is 2. The molecule has 31 heavy (non-hydrogen) atoms. The number of nitrogens with zero attached hydrogens (tertiary/aromatic N) is 2. The molecule has 10 heteroatoms. The number of nitrogens with one attached hydrogen (secondary N) is 1. The van der Waals surface area contributed by atoms with Gasteiger partial charge in [0, 0.05) is 31.2 Å². The predicted molar refractivity (Wildman–Crippen MR) is 110 cm³/mol. The lowest BCUT2D eigenvalue weighted by molar-refractivity contribution is -0.137. The number of amides is 2. The third-order valence-electron chi connectivity index (χ3n) is 4.93. The van der Waals surface area contributed by atoms with E-state index in [9.17, 15) is 22.8 Å². The van der Waals surface area contributed by atoms with Crippen LogP contribution in [0.1, 0.15) is 15.9 Å². The Morgan fingerprint density at radius 2 is 1.77 bits per heavy atom. The highest BCUT2D eigenvalue weighted by molar-refractivity contribution is 6.31. The molecule has 1 saturated heterocycles. The number of halogens is 4. The molecule has 2 amide bonds. The summed E-state index contributed by atoms with van der Waals surface area (Å²) in [5.74, 6) is -0.366. The van der Waals surface area contributed by atoms with Crippen LogP contribution in [0.25, 0.3) is 0 Å². The molecule has 0 atom stereocenters. The second-order valence-corrected chi connectivity index (χ2v) is 7.44. The lowest BCUT2D eigenvalue weighted by atomic mass is 10.1. The second-order valence-electron chi connectivity index (χ2n) is 7.00. The van der Waals surface area contributed by atoms with Gasteiger partial charge in [0.1, 0.15) is 5.75 Å². The van der Waals surface area contributed by atoms with Crippen LogP contribution in [0.15, 0.2) is 42.5 Å². The number of alkyl halides is 3. The molecule has 0 spiro atoms. The Hall–Kier alpha value is -2.78. The van der Waals surface area contributed by atoms with Gasteiger partial charge in [0.05, 0.1) is 30.5 Å². The van der Waals surface area contributed by atoms with Crippen molar-refractivity contribution in [3.05, 3.63) is 58.6 Å². The van der Waals surface area contributed by atoms with E-state index in [4.69, 9.17) is 16.3 Å². The van der Waals surface area contributed by atoms with Gasteiger partial charge < -0.3 is 15.0 Å². The Labute approximate surface area is 182 Å². The van der Waals surface area contributed by atoms with Gasteiger partial charge >= 0.3 is 6.18 Å². The molecule has 2 aromatic rings. The topological polar surface area (TPSA) is 61.9 Å². The molecule has 1 N–H and O–H groups in total. The summed E-state index contributed by atoms with van der Waals surface area (Å²) in [6.45, 7) is 1.46. The molecule has 1 aliphatic heterocycles. The number of piperazine rings is 1. The molecule has 1 heterocycles. The Balaban J connectivity index is 1.57. The van der Waals surface area contributed by atoms with Crippen LogP contribution in [0.3, 0.4) is 0 Å². The monoisotopic (exact) mass is 455 g/mol. The van der Waals surface area contributed by atoms with E-state index in [0.717, 1.165) is 6.07 Å². The maximum atomic E-state index is 13.1. The molecule has 166 valence electrons. The smallest absolute Gasteiger partial charge is 0.418 e. The molecule has 0 aliphatic carbocycles. The van der Waals surface area contributed by atoms with Gasteiger partial charge in [0.15, 0.2) is 0 Å². The fraction of sp³-hybridized carbons (Fsp3) is 0.333. The normalized spacial score (nSPS) is 14.9. The number of methoxy groups -OCH3 is 1. The minimum absolute atomic E-state index is 0.0747. The number of anilines is 1. The lowest BCUT2D eigenvalue weighted by Crippen LogP contribution is -2.50. The van der Waals surface area contributed by atoms with Crippen molar-refractivity contribution in [1.82, 2.24) is 9.80 Å². The minimum Gasteiger partial charge on any atom is -0.496 e. The molecular weight excluding hydrogens is 435 g/mol. The third-order valence-corrected chi connectivity index (χ3v) is 5.16. The summed E-state index contributed by atoms with van der Waals surface area (Å²) in [7, 11) is 1.47. The van der Waals surface area contributed by atoms with Gasteiger partial charge in [-0.25, -0.2) is 0 Å². The molecule has 0 aromatic heterocycles. The molecule has 2 aromatic carbocycles. The summed E-state index contributed by atoms with van der Waals surface area (Å²) in [5.41, 5.74) is -0.818. The highest BCUT2D eigenvalue weighted by atomic mass is 35.5. The van der Waals surface area contributed by atoms with Gasteiger partial charge in [-0.3, -0.25) is 14.5 Å². The maximum absolute atomic E-state index is 13.1. The zero-order valence-electron chi connectivity index (χ0n) is 16.7. The number of ether oxygens (including phenoxy) is 1. The van der Waals surface area contributed by atoms with Crippen LogP contribution in [0.4, 0.5) is 18.9 Å². The Morgan fingerprint density at radius 1 is 1.10 bits per heavy atom. The van der Waals surface area contributed by atoms with Gasteiger partial charge in [-0.15, -0.1) is 0 Å². The molecule has 3 rings (SSSR count). The molecule has 1 aliphatic rings. The van der Waals surface area contributed by atoms with Crippen molar-refractivity contribution >= 4 is 29.1 Å². The van der Waals surface area contributed by atoms with Gasteiger partial charge in [-0.1, -0.05) is 23.7 Å². The van der Waals surface area contributed by atoms with E-state index in [1.54, 1.807) is 28.0 Å². The standard InChI is InChI=1S/C21H21ClF3N3O3/c1-31-18-7-6-14(22)12-15(18)20(30)28-10-8-27(9-11-28)13-19(29)26-17-5-3-2-4-16(17)21(23,24)25/h2-7,12H,8-11,13H2,1H3,(H,26,29). The number of para-hydroxylation sites is 1. The van der Waals surface area contributed by atoms with Crippen molar-refractivity contribution in [3.63, 3.8) is 0 Å². The van der Waals surface area contributed by atoms with Gasteiger partial charge in [0.2, 0.25) is 5.91 Å². The molecular formula is C21H21ClF3N3O3. The van der Waals surface area contributed by atoms with E-state index in [2.05, 4.69) is 5.32 Å². The Bertz CT molecular complexity index is 960. The predicted octanol–water partition coefficient (Wildman–Crippen LogP) is 3.76. The Kier molecular flexibility index (Phi) is 7.07. The summed E-state index contributed by atoms with van der Waals surface area (Å²) in [6.07, 6.45) is -4.56. The lowest BCUT2D eigenvalue weighted by Gasteiger charge is -2.34. The molecule has 0 saturated carbocycles. The van der Waals surface area contributed by atoms with Crippen LogP contribution in [-0.2, 0) is 11.0 Å². The van der Waals surface area contributed by atoms with Crippen molar-refractivity contribution in [3.8, 4) is 5.75 Å². The van der Waals surface area contributed by atoms with Crippen LogP contribution in [0, 0.1) is 0 Å². The number of hydrogen-bond donors (Lipinski definition) is 1. The average Bonchev–Trinajstić information content (AvgIpc) is 2.73. The molecule has 6 nitrogen and oxygen atoms in total. The first-order valence-electron chi connectivity index (χ1n) is 9.50. The first-order valence-corrected chi connectivity index (χ1v) is 9.88. The number of carbonyl (C=O) groups is 2. The zero-order chi connectivity index (χ0) is 22.6. The summed E-state index contributed by atoms with van der Waals surface area (Å²) in [6, 6.07) is 9.63. The van der Waals surface area contributed by atoms with E-state index < -0.39 is 17.6 Å².